The molecule has 0 aromatic rings. The van der Waals surface area contributed by atoms with Gasteiger partial charge in [0.2, 0.25) is 11.8 Å². The number of alkyl halides is 1. The second-order valence-electron chi connectivity index (χ2n) is 11.7. The first-order valence-electron chi connectivity index (χ1n) is 13.6. The van der Waals surface area contributed by atoms with E-state index in [4.69, 9.17) is 28.5 Å². The Hall–Kier alpha value is -1.34. The van der Waals surface area contributed by atoms with Gasteiger partial charge in [-0.2, -0.15) is 0 Å². The number of hydrogen-bond acceptors (Lipinski definition) is 4. The molecule has 1 heterocycles. The quantitative estimate of drug-likeness (QED) is 0.246. The van der Waals surface area contributed by atoms with E-state index >= 15 is 0 Å². The molecule has 3 saturated carbocycles. The monoisotopic (exact) mass is 493 g/mol. The molecular formula is C26H44ClN5O2. The molecule has 0 aromatic heterocycles. The van der Waals surface area contributed by atoms with E-state index in [1.54, 1.807) is 0 Å². The third kappa shape index (κ3) is 5.89. The Morgan fingerprint density at radius 1 is 0.971 bits per heavy atom. The molecule has 2 amide bonds. The highest BCUT2D eigenvalue weighted by atomic mass is 35.5. The molecule has 0 aromatic carbocycles. The Balaban J connectivity index is 1.43. The van der Waals surface area contributed by atoms with Crippen LogP contribution in [0.15, 0.2) is 0 Å². The minimum absolute atomic E-state index is 0.00220. The van der Waals surface area contributed by atoms with E-state index < -0.39 is 0 Å². The number of nitrogens with zero attached hydrogens (tertiary/aromatic N) is 1. The van der Waals surface area contributed by atoms with Gasteiger partial charge in [-0.15, -0.1) is 11.6 Å². The number of nitrogens with one attached hydrogen (secondary N) is 2. The smallest absolute Gasteiger partial charge is 0.237 e. The third-order valence-corrected chi connectivity index (χ3v) is 9.98. The van der Waals surface area contributed by atoms with E-state index in [0.717, 1.165) is 83.6 Å². The molecule has 4 fully saturated rings. The van der Waals surface area contributed by atoms with Crippen molar-refractivity contribution < 1.29 is 9.59 Å². The van der Waals surface area contributed by atoms with Crippen molar-refractivity contribution in [1.29, 1.82) is 5.41 Å². The van der Waals surface area contributed by atoms with Gasteiger partial charge in [-0.3, -0.25) is 19.9 Å². The fourth-order valence-electron chi connectivity index (χ4n) is 7.29. The van der Waals surface area contributed by atoms with Crippen LogP contribution in [-0.4, -0.2) is 52.6 Å². The molecule has 4 rings (SSSR count). The molecule has 8 heteroatoms. The number of amides is 2. The van der Waals surface area contributed by atoms with Gasteiger partial charge in [-0.25, -0.2) is 0 Å². The molecule has 3 aliphatic carbocycles. The lowest BCUT2D eigenvalue weighted by Crippen LogP contribution is -2.52. The van der Waals surface area contributed by atoms with Crippen molar-refractivity contribution in [3.63, 3.8) is 0 Å². The van der Waals surface area contributed by atoms with Gasteiger partial charge in [0.05, 0.1) is 11.9 Å². The zero-order chi connectivity index (χ0) is 24.4. The van der Waals surface area contributed by atoms with E-state index in [2.05, 4.69) is 17.1 Å². The van der Waals surface area contributed by atoms with Gasteiger partial charge in [0.25, 0.3) is 0 Å². The molecule has 1 saturated heterocycles. The summed E-state index contributed by atoms with van der Waals surface area (Å²) in [5.41, 5.74) is 11.5. The Bertz CT molecular complexity index is 747. The average molecular weight is 494 g/mol. The number of nitrogens with two attached hydrogens (primary N) is 2. The highest BCUT2D eigenvalue weighted by Gasteiger charge is 2.48. The zero-order valence-corrected chi connectivity index (χ0v) is 21.4. The summed E-state index contributed by atoms with van der Waals surface area (Å²) >= 11 is 6.29. The summed E-state index contributed by atoms with van der Waals surface area (Å²) in [6, 6.07) is 0.368. The van der Waals surface area contributed by atoms with Gasteiger partial charge >= 0.3 is 0 Å². The van der Waals surface area contributed by atoms with Gasteiger partial charge in [0.1, 0.15) is 0 Å². The van der Waals surface area contributed by atoms with Crippen molar-refractivity contribution in [2.24, 2.45) is 41.1 Å². The number of primary amides is 1. The summed E-state index contributed by atoms with van der Waals surface area (Å²) in [4.78, 5) is 27.7. The lowest BCUT2D eigenvalue weighted by molar-refractivity contribution is -0.127. The van der Waals surface area contributed by atoms with Crippen LogP contribution < -0.4 is 16.8 Å². The number of halogens is 1. The van der Waals surface area contributed by atoms with Crippen LogP contribution in [0.2, 0.25) is 0 Å². The molecule has 5 atom stereocenters. The normalized spacial score (nSPS) is 39.7. The molecule has 0 spiro atoms. The molecule has 6 N–H and O–H groups in total. The van der Waals surface area contributed by atoms with Crippen LogP contribution in [0, 0.1) is 35.0 Å². The van der Waals surface area contributed by atoms with Crippen molar-refractivity contribution in [2.75, 3.05) is 6.54 Å². The summed E-state index contributed by atoms with van der Waals surface area (Å²) in [5.74, 6) is 1.89. The van der Waals surface area contributed by atoms with Crippen LogP contribution in [0.3, 0.4) is 0 Å². The summed E-state index contributed by atoms with van der Waals surface area (Å²) in [6.07, 6.45) is 11.7. The van der Waals surface area contributed by atoms with Gasteiger partial charge in [-0.05, 0) is 102 Å². The fraction of sp³-hybridized carbons (Fsp3) is 0.885. The van der Waals surface area contributed by atoms with Gasteiger partial charge < -0.3 is 16.8 Å². The van der Waals surface area contributed by atoms with Gasteiger partial charge in [0, 0.05) is 35.8 Å². The van der Waals surface area contributed by atoms with E-state index in [1.165, 1.54) is 0 Å². The number of likely N-dealkylation sites (tertiary alicyclic amines) is 1. The Kier molecular flexibility index (Phi) is 8.44. The van der Waals surface area contributed by atoms with Crippen LogP contribution in [0.1, 0.15) is 84.0 Å². The van der Waals surface area contributed by atoms with Crippen molar-refractivity contribution in [1.82, 2.24) is 10.2 Å². The molecule has 7 nitrogen and oxygen atoms in total. The second kappa shape index (κ2) is 11.2. The number of amidine groups is 1. The maximum Gasteiger partial charge on any atom is 0.237 e. The third-order valence-electron chi connectivity index (χ3n) is 9.55. The van der Waals surface area contributed by atoms with Crippen LogP contribution in [0.25, 0.3) is 0 Å². The van der Waals surface area contributed by atoms with Crippen LogP contribution in [0.4, 0.5) is 0 Å². The van der Waals surface area contributed by atoms with Crippen molar-refractivity contribution in [2.45, 2.75) is 107 Å². The predicted molar refractivity (Wildman–Crippen MR) is 135 cm³/mol. The topological polar surface area (TPSA) is 125 Å². The standard InChI is InChI=1S/C26H44ClN5O2/c1-15(17-8-10-21(27)11-9-17)31-26(34)23-12-19-6-7-20(24(28)29)13-22(19)32(23)14-16-2-4-18(5-3-16)25(30)33/h15-23H,2-14H2,1H3,(H3,28,29)(H2,30,33)(H,31,34)/t15-,16?,17?,18?,19?,20?,21?,22?,23?/m0/s1. The van der Waals surface area contributed by atoms with Crippen LogP contribution in [-0.2, 0) is 9.59 Å². The molecule has 1 aliphatic heterocycles. The summed E-state index contributed by atoms with van der Waals surface area (Å²) in [6.45, 7) is 3.04. The zero-order valence-electron chi connectivity index (χ0n) is 20.7. The van der Waals surface area contributed by atoms with Gasteiger partial charge in [-0.1, -0.05) is 0 Å². The summed E-state index contributed by atoms with van der Waals surface area (Å²) in [5, 5.41) is 11.7. The molecule has 0 bridgehead atoms. The number of rotatable bonds is 7. The van der Waals surface area contributed by atoms with Crippen molar-refractivity contribution >= 4 is 29.3 Å². The van der Waals surface area contributed by atoms with Crippen LogP contribution in [0.5, 0.6) is 0 Å². The number of fused-ring (bicyclic) bond motifs is 1. The molecule has 4 unspecified atom stereocenters. The highest BCUT2D eigenvalue weighted by molar-refractivity contribution is 6.20. The maximum atomic E-state index is 13.6. The first-order chi connectivity index (χ1) is 16.2. The predicted octanol–water partition coefficient (Wildman–Crippen LogP) is 3.38. The van der Waals surface area contributed by atoms with E-state index in [0.29, 0.717) is 23.8 Å². The van der Waals surface area contributed by atoms with E-state index in [1.807, 2.05) is 0 Å². The number of carbonyl (C=O) groups excluding carboxylic acids is 2. The Labute approximate surface area is 209 Å². The minimum Gasteiger partial charge on any atom is -0.387 e. The molecule has 34 heavy (non-hydrogen) atoms. The van der Waals surface area contributed by atoms with E-state index in [-0.39, 0.29) is 46.9 Å². The maximum absolute atomic E-state index is 13.6. The fourth-order valence-corrected chi connectivity index (χ4v) is 7.54. The molecule has 0 radical (unpaired) electrons. The number of hydrogen-bond donors (Lipinski definition) is 4. The molecular weight excluding hydrogens is 450 g/mol. The first kappa shape index (κ1) is 25.7. The lowest BCUT2D eigenvalue weighted by atomic mass is 9.77. The van der Waals surface area contributed by atoms with Gasteiger partial charge in [0.15, 0.2) is 0 Å². The first-order valence-corrected chi connectivity index (χ1v) is 14.0. The average Bonchev–Trinajstić information content (AvgIpc) is 3.17. The summed E-state index contributed by atoms with van der Waals surface area (Å²) in [7, 11) is 0. The Morgan fingerprint density at radius 3 is 2.24 bits per heavy atom. The van der Waals surface area contributed by atoms with Crippen molar-refractivity contribution in [3.8, 4) is 0 Å². The minimum atomic E-state index is -0.175. The molecule has 4 aliphatic rings. The van der Waals surface area contributed by atoms with Crippen LogP contribution >= 0.6 is 11.6 Å². The highest BCUT2D eigenvalue weighted by Crippen LogP contribution is 2.43. The summed E-state index contributed by atoms with van der Waals surface area (Å²) < 4.78 is 0. The SMILES string of the molecule is C[C@H](NC(=O)C1CC2CCC(C(=N)N)CC2N1CC1CCC(C(N)=O)CC1)C1CCC(Cl)CC1. The lowest BCUT2D eigenvalue weighted by Gasteiger charge is -2.40. The molecule has 192 valence electrons. The second-order valence-corrected chi connectivity index (χ2v) is 12.3. The number of carbonyl (C=O) groups is 2. The van der Waals surface area contributed by atoms with Crippen molar-refractivity contribution in [3.05, 3.63) is 0 Å². The van der Waals surface area contributed by atoms with E-state index in [9.17, 15) is 9.59 Å². The Morgan fingerprint density at radius 2 is 1.62 bits per heavy atom. The largest absolute Gasteiger partial charge is 0.387 e.